The van der Waals surface area contributed by atoms with Gasteiger partial charge in [0.2, 0.25) is 0 Å². The zero-order valence-corrected chi connectivity index (χ0v) is 14.4. The Hall–Kier alpha value is -1.06. The first-order chi connectivity index (χ1) is 10.2. The van der Waals surface area contributed by atoms with Crippen molar-refractivity contribution >= 4 is 0 Å². The molecule has 0 saturated carbocycles. The second-order valence-corrected chi connectivity index (χ2v) is 5.69. The molecule has 1 atom stereocenters. The Balaban J connectivity index is 2.78. The van der Waals surface area contributed by atoms with Gasteiger partial charge in [-0.2, -0.15) is 0 Å². The van der Waals surface area contributed by atoms with E-state index < -0.39 is 0 Å². The molecule has 1 aromatic rings. The van der Waals surface area contributed by atoms with Crippen molar-refractivity contribution in [2.75, 3.05) is 27.2 Å². The first-order valence-corrected chi connectivity index (χ1v) is 8.23. The van der Waals surface area contributed by atoms with Crippen LogP contribution in [0.4, 0.5) is 0 Å². The van der Waals surface area contributed by atoms with Gasteiger partial charge in [-0.05, 0) is 50.6 Å². The Kier molecular flexibility index (Phi) is 8.40. The standard InChI is InChI=1S/C18H32N2O/c1-6-13-19-18(14-20(4)16(7-2)8-3)15-9-11-17(21-5)12-10-15/h9-12,16,18-19H,6-8,13-14H2,1-5H3. The molecule has 1 aromatic carbocycles. The maximum Gasteiger partial charge on any atom is 0.118 e. The maximum atomic E-state index is 5.25. The average molecular weight is 292 g/mol. The van der Waals surface area contributed by atoms with E-state index in [1.807, 2.05) is 12.1 Å². The van der Waals surface area contributed by atoms with Crippen molar-refractivity contribution in [3.8, 4) is 5.75 Å². The summed E-state index contributed by atoms with van der Waals surface area (Å²) in [7, 11) is 3.95. The third-order valence-corrected chi connectivity index (χ3v) is 4.20. The van der Waals surface area contributed by atoms with Gasteiger partial charge in [0.1, 0.15) is 5.75 Å². The van der Waals surface area contributed by atoms with Crippen molar-refractivity contribution in [2.24, 2.45) is 0 Å². The molecule has 0 heterocycles. The molecule has 0 aliphatic carbocycles. The van der Waals surface area contributed by atoms with Gasteiger partial charge in [0.05, 0.1) is 7.11 Å². The minimum atomic E-state index is 0.376. The fourth-order valence-electron chi connectivity index (χ4n) is 2.79. The molecule has 21 heavy (non-hydrogen) atoms. The summed E-state index contributed by atoms with van der Waals surface area (Å²) in [5, 5.41) is 3.67. The van der Waals surface area contributed by atoms with E-state index in [-0.39, 0.29) is 0 Å². The van der Waals surface area contributed by atoms with Gasteiger partial charge in [-0.1, -0.05) is 32.9 Å². The highest BCUT2D eigenvalue weighted by atomic mass is 16.5. The molecule has 0 bridgehead atoms. The molecular weight excluding hydrogens is 260 g/mol. The second-order valence-electron chi connectivity index (χ2n) is 5.69. The molecule has 0 spiro atoms. The number of hydrogen-bond acceptors (Lipinski definition) is 3. The van der Waals surface area contributed by atoms with E-state index in [1.165, 1.54) is 18.4 Å². The second kappa shape index (κ2) is 9.80. The van der Waals surface area contributed by atoms with E-state index in [0.717, 1.165) is 25.3 Å². The molecule has 120 valence electrons. The van der Waals surface area contributed by atoms with Gasteiger partial charge in [-0.15, -0.1) is 0 Å². The molecule has 0 aromatic heterocycles. The lowest BCUT2D eigenvalue weighted by atomic mass is 10.0. The van der Waals surface area contributed by atoms with Gasteiger partial charge in [0.25, 0.3) is 0 Å². The maximum absolute atomic E-state index is 5.25. The molecule has 0 saturated heterocycles. The first-order valence-electron chi connectivity index (χ1n) is 8.23. The summed E-state index contributed by atoms with van der Waals surface area (Å²) in [6.07, 6.45) is 3.56. The predicted molar refractivity (Wildman–Crippen MR) is 91.0 cm³/mol. The Morgan fingerprint density at radius 1 is 1.10 bits per heavy atom. The van der Waals surface area contributed by atoms with E-state index in [1.54, 1.807) is 7.11 Å². The number of rotatable bonds is 10. The Morgan fingerprint density at radius 3 is 2.19 bits per heavy atom. The van der Waals surface area contributed by atoms with Crippen LogP contribution in [-0.4, -0.2) is 38.2 Å². The molecule has 1 N–H and O–H groups in total. The monoisotopic (exact) mass is 292 g/mol. The molecule has 0 aliphatic heterocycles. The Labute approximate surface area is 130 Å². The summed E-state index contributed by atoms with van der Waals surface area (Å²) in [4.78, 5) is 2.48. The van der Waals surface area contributed by atoms with E-state index in [2.05, 4.69) is 50.2 Å². The van der Waals surface area contributed by atoms with Crippen LogP contribution in [0.1, 0.15) is 51.6 Å². The molecule has 3 heteroatoms. The predicted octanol–water partition coefficient (Wildman–Crippen LogP) is 3.86. The van der Waals surface area contributed by atoms with Crippen LogP contribution < -0.4 is 10.1 Å². The van der Waals surface area contributed by atoms with Crippen molar-refractivity contribution in [2.45, 2.75) is 52.1 Å². The Morgan fingerprint density at radius 2 is 1.71 bits per heavy atom. The van der Waals surface area contributed by atoms with Crippen LogP contribution in [0.2, 0.25) is 0 Å². The third kappa shape index (κ3) is 5.68. The van der Waals surface area contributed by atoms with E-state index >= 15 is 0 Å². The van der Waals surface area contributed by atoms with Crippen molar-refractivity contribution < 1.29 is 4.74 Å². The van der Waals surface area contributed by atoms with Gasteiger partial charge in [0, 0.05) is 18.6 Å². The molecule has 3 nitrogen and oxygen atoms in total. The van der Waals surface area contributed by atoms with Crippen LogP contribution in [-0.2, 0) is 0 Å². The number of hydrogen-bond donors (Lipinski definition) is 1. The number of likely N-dealkylation sites (N-methyl/N-ethyl adjacent to an activating group) is 1. The van der Waals surface area contributed by atoms with Crippen LogP contribution >= 0.6 is 0 Å². The van der Waals surface area contributed by atoms with Crippen LogP contribution in [0.15, 0.2) is 24.3 Å². The molecule has 0 radical (unpaired) electrons. The minimum absolute atomic E-state index is 0.376. The van der Waals surface area contributed by atoms with Crippen LogP contribution in [0.25, 0.3) is 0 Å². The minimum Gasteiger partial charge on any atom is -0.497 e. The highest BCUT2D eigenvalue weighted by Gasteiger charge is 2.17. The number of methoxy groups -OCH3 is 1. The largest absolute Gasteiger partial charge is 0.497 e. The zero-order valence-electron chi connectivity index (χ0n) is 14.4. The van der Waals surface area contributed by atoms with E-state index in [4.69, 9.17) is 4.74 Å². The normalized spacial score (nSPS) is 12.9. The summed E-state index contributed by atoms with van der Waals surface area (Å²) in [6, 6.07) is 9.48. The average Bonchev–Trinajstić information content (AvgIpc) is 2.52. The summed E-state index contributed by atoms with van der Waals surface area (Å²) in [5.74, 6) is 0.918. The number of nitrogens with zero attached hydrogens (tertiary/aromatic N) is 1. The fraction of sp³-hybridized carbons (Fsp3) is 0.667. The SMILES string of the molecule is CCCNC(CN(C)C(CC)CC)c1ccc(OC)cc1. The highest BCUT2D eigenvalue weighted by molar-refractivity contribution is 5.29. The molecule has 0 fully saturated rings. The number of benzene rings is 1. The molecular formula is C18H32N2O. The van der Waals surface area contributed by atoms with Gasteiger partial charge in [-0.25, -0.2) is 0 Å². The van der Waals surface area contributed by atoms with Crippen LogP contribution in [0.5, 0.6) is 5.75 Å². The van der Waals surface area contributed by atoms with E-state index in [9.17, 15) is 0 Å². The lowest BCUT2D eigenvalue weighted by molar-refractivity contribution is 0.206. The number of ether oxygens (including phenoxy) is 1. The van der Waals surface area contributed by atoms with Crippen molar-refractivity contribution in [3.05, 3.63) is 29.8 Å². The van der Waals surface area contributed by atoms with Gasteiger partial charge in [0.15, 0.2) is 0 Å². The van der Waals surface area contributed by atoms with E-state index in [0.29, 0.717) is 12.1 Å². The quantitative estimate of drug-likeness (QED) is 0.709. The van der Waals surface area contributed by atoms with Gasteiger partial charge in [-0.3, -0.25) is 0 Å². The first kappa shape index (κ1) is 18.0. The van der Waals surface area contributed by atoms with Gasteiger partial charge >= 0.3 is 0 Å². The molecule has 0 aliphatic rings. The highest BCUT2D eigenvalue weighted by Crippen LogP contribution is 2.20. The number of nitrogens with one attached hydrogen (secondary N) is 1. The topological polar surface area (TPSA) is 24.5 Å². The fourth-order valence-corrected chi connectivity index (χ4v) is 2.79. The smallest absolute Gasteiger partial charge is 0.118 e. The van der Waals surface area contributed by atoms with Crippen molar-refractivity contribution in [1.82, 2.24) is 10.2 Å². The van der Waals surface area contributed by atoms with Crippen molar-refractivity contribution in [3.63, 3.8) is 0 Å². The summed E-state index contributed by atoms with van der Waals surface area (Å²) >= 11 is 0. The van der Waals surface area contributed by atoms with Crippen molar-refractivity contribution in [1.29, 1.82) is 0 Å². The molecule has 1 unspecified atom stereocenters. The lowest BCUT2D eigenvalue weighted by Crippen LogP contribution is -2.38. The third-order valence-electron chi connectivity index (χ3n) is 4.20. The van der Waals surface area contributed by atoms with Crippen LogP contribution in [0.3, 0.4) is 0 Å². The zero-order chi connectivity index (χ0) is 15.7. The Bertz CT molecular complexity index is 373. The molecule has 0 amide bonds. The lowest BCUT2D eigenvalue weighted by Gasteiger charge is -2.31. The van der Waals surface area contributed by atoms with Crippen LogP contribution in [0, 0.1) is 0 Å². The summed E-state index contributed by atoms with van der Waals surface area (Å²) in [5.41, 5.74) is 1.34. The summed E-state index contributed by atoms with van der Waals surface area (Å²) < 4.78 is 5.25. The van der Waals surface area contributed by atoms with Gasteiger partial charge < -0.3 is 15.0 Å². The molecule has 1 rings (SSSR count). The summed E-state index contributed by atoms with van der Waals surface area (Å²) in [6.45, 7) is 8.84.